The van der Waals surface area contributed by atoms with Gasteiger partial charge < -0.3 is 5.32 Å². The molecule has 4 rings (SSSR count). The SMILES string of the molecule is CC/C(=C\C1=CC=C2C=CCC[C@H]2C1)NC1CC=C(C2CC=C(C)CC2)CC1. The van der Waals surface area contributed by atoms with Gasteiger partial charge in [-0.05, 0) is 100 Å². The van der Waals surface area contributed by atoms with Crippen molar-refractivity contribution in [1.82, 2.24) is 5.32 Å². The molecule has 1 N–H and O–H groups in total. The Balaban J connectivity index is 1.34. The lowest BCUT2D eigenvalue weighted by molar-refractivity contribution is 0.450. The van der Waals surface area contributed by atoms with Crippen molar-refractivity contribution in [3.05, 3.63) is 70.5 Å². The van der Waals surface area contributed by atoms with E-state index in [9.17, 15) is 0 Å². The van der Waals surface area contributed by atoms with E-state index in [2.05, 4.69) is 61.7 Å². The van der Waals surface area contributed by atoms with Crippen molar-refractivity contribution in [2.45, 2.75) is 84.1 Å². The highest BCUT2D eigenvalue weighted by molar-refractivity contribution is 5.39. The lowest BCUT2D eigenvalue weighted by Gasteiger charge is -2.30. The minimum Gasteiger partial charge on any atom is -0.385 e. The van der Waals surface area contributed by atoms with E-state index in [0.29, 0.717) is 6.04 Å². The van der Waals surface area contributed by atoms with Crippen LogP contribution >= 0.6 is 0 Å². The van der Waals surface area contributed by atoms with Gasteiger partial charge in [0.25, 0.3) is 0 Å². The summed E-state index contributed by atoms with van der Waals surface area (Å²) in [5, 5.41) is 3.88. The summed E-state index contributed by atoms with van der Waals surface area (Å²) < 4.78 is 0. The number of fused-ring (bicyclic) bond motifs is 1. The quantitative estimate of drug-likeness (QED) is 0.496. The largest absolute Gasteiger partial charge is 0.385 e. The fraction of sp³-hybridized carbons (Fsp3) is 0.556. The van der Waals surface area contributed by atoms with Crippen LogP contribution in [0.15, 0.2) is 70.5 Å². The summed E-state index contributed by atoms with van der Waals surface area (Å²) in [7, 11) is 0. The van der Waals surface area contributed by atoms with E-state index in [-0.39, 0.29) is 0 Å². The second-order valence-corrected chi connectivity index (χ2v) is 9.23. The van der Waals surface area contributed by atoms with Crippen LogP contribution in [0.1, 0.15) is 78.1 Å². The summed E-state index contributed by atoms with van der Waals surface area (Å²) in [4.78, 5) is 0. The van der Waals surface area contributed by atoms with Crippen molar-refractivity contribution in [3.63, 3.8) is 0 Å². The second kappa shape index (κ2) is 9.16. The first-order valence-electron chi connectivity index (χ1n) is 11.6. The van der Waals surface area contributed by atoms with Crippen LogP contribution in [0.2, 0.25) is 0 Å². The zero-order chi connectivity index (χ0) is 19.3. The predicted octanol–water partition coefficient (Wildman–Crippen LogP) is 7.32. The molecule has 4 aliphatic rings. The molecule has 2 unspecified atom stereocenters. The number of rotatable bonds is 5. The minimum absolute atomic E-state index is 0.615. The van der Waals surface area contributed by atoms with Crippen LogP contribution in [0.5, 0.6) is 0 Å². The maximum absolute atomic E-state index is 3.88. The molecule has 28 heavy (non-hydrogen) atoms. The van der Waals surface area contributed by atoms with Gasteiger partial charge in [0.15, 0.2) is 0 Å². The normalized spacial score (nSPS) is 30.6. The first kappa shape index (κ1) is 19.6. The summed E-state index contributed by atoms with van der Waals surface area (Å²) in [6.07, 6.45) is 29.4. The van der Waals surface area contributed by atoms with Crippen LogP contribution in [-0.4, -0.2) is 6.04 Å². The third-order valence-corrected chi connectivity index (χ3v) is 7.17. The van der Waals surface area contributed by atoms with Crippen LogP contribution in [0.3, 0.4) is 0 Å². The highest BCUT2D eigenvalue weighted by Crippen LogP contribution is 2.35. The van der Waals surface area contributed by atoms with Crippen LogP contribution in [0, 0.1) is 11.8 Å². The van der Waals surface area contributed by atoms with Gasteiger partial charge in [0.05, 0.1) is 0 Å². The molecule has 0 amide bonds. The minimum atomic E-state index is 0.615. The van der Waals surface area contributed by atoms with Crippen LogP contribution in [0.4, 0.5) is 0 Å². The molecule has 1 heteroatoms. The van der Waals surface area contributed by atoms with Gasteiger partial charge in [0.2, 0.25) is 0 Å². The molecule has 0 heterocycles. The van der Waals surface area contributed by atoms with Crippen molar-refractivity contribution in [3.8, 4) is 0 Å². The van der Waals surface area contributed by atoms with E-state index in [1.165, 1.54) is 74.6 Å². The molecule has 0 fully saturated rings. The maximum Gasteiger partial charge on any atom is 0.0295 e. The van der Waals surface area contributed by atoms with Crippen molar-refractivity contribution in [2.24, 2.45) is 11.8 Å². The Hall–Kier alpha value is -1.76. The molecular formula is C27H37N. The van der Waals surface area contributed by atoms with E-state index < -0.39 is 0 Å². The number of hydrogen-bond donors (Lipinski definition) is 1. The fourth-order valence-electron chi connectivity index (χ4n) is 5.28. The van der Waals surface area contributed by atoms with E-state index in [0.717, 1.165) is 18.3 Å². The Morgan fingerprint density at radius 2 is 2.00 bits per heavy atom. The van der Waals surface area contributed by atoms with Crippen molar-refractivity contribution in [1.29, 1.82) is 0 Å². The van der Waals surface area contributed by atoms with E-state index in [1.54, 1.807) is 11.1 Å². The Kier molecular flexibility index (Phi) is 6.40. The Morgan fingerprint density at radius 3 is 2.75 bits per heavy atom. The highest BCUT2D eigenvalue weighted by Gasteiger charge is 2.22. The Bertz CT molecular complexity index is 755. The van der Waals surface area contributed by atoms with Gasteiger partial charge in [0.1, 0.15) is 0 Å². The van der Waals surface area contributed by atoms with Gasteiger partial charge in [-0.2, -0.15) is 0 Å². The summed E-state index contributed by atoms with van der Waals surface area (Å²) in [6.45, 7) is 4.57. The molecule has 4 aliphatic carbocycles. The number of allylic oxidation sites excluding steroid dienone is 11. The molecule has 0 radical (unpaired) electrons. The van der Waals surface area contributed by atoms with Crippen LogP contribution in [0.25, 0.3) is 0 Å². The smallest absolute Gasteiger partial charge is 0.0295 e. The number of nitrogens with one attached hydrogen (secondary N) is 1. The molecule has 0 aromatic carbocycles. The molecule has 0 aromatic rings. The predicted molar refractivity (Wildman–Crippen MR) is 121 cm³/mol. The summed E-state index contributed by atoms with van der Waals surface area (Å²) in [5.74, 6) is 1.57. The van der Waals surface area contributed by atoms with Gasteiger partial charge in [0, 0.05) is 11.7 Å². The molecule has 150 valence electrons. The maximum atomic E-state index is 3.88. The van der Waals surface area contributed by atoms with Crippen molar-refractivity contribution in [2.75, 3.05) is 0 Å². The lowest BCUT2D eigenvalue weighted by Crippen LogP contribution is -2.30. The van der Waals surface area contributed by atoms with Gasteiger partial charge in [-0.25, -0.2) is 0 Å². The van der Waals surface area contributed by atoms with E-state index in [4.69, 9.17) is 0 Å². The molecular weight excluding hydrogens is 338 g/mol. The third kappa shape index (κ3) is 4.80. The summed E-state index contributed by atoms with van der Waals surface area (Å²) in [5.41, 5.74) is 7.79. The van der Waals surface area contributed by atoms with Crippen LogP contribution < -0.4 is 5.32 Å². The second-order valence-electron chi connectivity index (χ2n) is 9.23. The van der Waals surface area contributed by atoms with Crippen molar-refractivity contribution >= 4 is 0 Å². The molecule has 1 nitrogen and oxygen atoms in total. The Morgan fingerprint density at radius 1 is 1.07 bits per heavy atom. The fourth-order valence-corrected chi connectivity index (χ4v) is 5.28. The van der Waals surface area contributed by atoms with Crippen molar-refractivity contribution < 1.29 is 0 Å². The summed E-state index contributed by atoms with van der Waals surface area (Å²) in [6, 6.07) is 0.615. The van der Waals surface area contributed by atoms with Gasteiger partial charge in [-0.1, -0.05) is 54.5 Å². The average molecular weight is 376 g/mol. The standard InChI is InChI=1S/C27H37N/c1-3-26(19-21-10-13-22-6-4-5-7-25(22)18-21)28-27-16-14-24(15-17-27)23-11-8-20(2)9-12-23/h4,6,8,10,13-14,19,23,25,27-28H,3,5,7,9,11-12,15-18H2,1-2H3/b26-19+/t23?,25-,27?/m0/s1. The average Bonchev–Trinajstić information content (AvgIpc) is 2.74. The number of hydrogen-bond acceptors (Lipinski definition) is 1. The molecule has 0 spiro atoms. The van der Waals surface area contributed by atoms with Gasteiger partial charge in [-0.15, -0.1) is 0 Å². The summed E-state index contributed by atoms with van der Waals surface area (Å²) >= 11 is 0. The zero-order valence-electron chi connectivity index (χ0n) is 17.8. The Labute approximate surface area is 172 Å². The molecule has 3 atom stereocenters. The molecule has 0 bridgehead atoms. The van der Waals surface area contributed by atoms with Crippen LogP contribution in [-0.2, 0) is 0 Å². The van der Waals surface area contributed by atoms with E-state index in [1.807, 2.05) is 0 Å². The first-order valence-corrected chi connectivity index (χ1v) is 11.6. The van der Waals surface area contributed by atoms with Gasteiger partial charge in [-0.3, -0.25) is 0 Å². The zero-order valence-corrected chi connectivity index (χ0v) is 17.8. The molecule has 0 saturated carbocycles. The molecule has 0 saturated heterocycles. The van der Waals surface area contributed by atoms with E-state index >= 15 is 0 Å². The highest BCUT2D eigenvalue weighted by atomic mass is 14.9. The first-order chi connectivity index (χ1) is 13.7. The molecule has 0 aromatic heterocycles. The topological polar surface area (TPSA) is 12.0 Å². The third-order valence-electron chi connectivity index (χ3n) is 7.17. The monoisotopic (exact) mass is 375 g/mol. The lowest BCUT2D eigenvalue weighted by atomic mass is 9.79. The molecule has 0 aliphatic heterocycles. The van der Waals surface area contributed by atoms with Gasteiger partial charge >= 0.3 is 0 Å².